The van der Waals surface area contributed by atoms with E-state index in [1.54, 1.807) is 0 Å². The highest BCUT2D eigenvalue weighted by atomic mass is 35.5. The summed E-state index contributed by atoms with van der Waals surface area (Å²) in [4.78, 5) is 30.0. The first-order valence-corrected chi connectivity index (χ1v) is 9.01. The number of ether oxygens (including phenoxy) is 1. The lowest BCUT2D eigenvalue weighted by Gasteiger charge is -2.23. The van der Waals surface area contributed by atoms with Crippen molar-refractivity contribution in [2.45, 2.75) is 18.4 Å². The number of methoxy groups -OCH3 is 1. The van der Waals surface area contributed by atoms with E-state index in [0.717, 1.165) is 11.6 Å². The summed E-state index contributed by atoms with van der Waals surface area (Å²) in [6, 6.07) is 10.7. The number of nitrogens with one attached hydrogen (secondary N) is 1. The van der Waals surface area contributed by atoms with E-state index in [0.29, 0.717) is 11.8 Å². The largest absolute Gasteiger partial charge is 0.466 e. The molecular weight excluding hydrogens is 406 g/mol. The fourth-order valence-electron chi connectivity index (χ4n) is 3.00. The maximum Gasteiger partial charge on any atom is 0.353 e. The summed E-state index contributed by atoms with van der Waals surface area (Å²) in [5.41, 5.74) is -0.311. The Hall–Kier alpha value is -3.00. The van der Waals surface area contributed by atoms with Gasteiger partial charge in [0.05, 0.1) is 30.0 Å². The molecule has 1 heterocycles. The molecule has 2 aromatic rings. The normalized spacial score (nSPS) is 18.0. The fraction of sp³-hybridized carbons (Fsp3) is 0.250. The zero-order valence-corrected chi connectivity index (χ0v) is 16.1. The van der Waals surface area contributed by atoms with Gasteiger partial charge in [0.2, 0.25) is 5.60 Å². The highest BCUT2D eigenvalue weighted by Gasteiger charge is 2.47. The molecule has 0 saturated carbocycles. The molecule has 2 aromatic carbocycles. The topological polar surface area (TPSA) is 77.0 Å². The van der Waals surface area contributed by atoms with E-state index < -0.39 is 29.1 Å². The molecule has 1 aliphatic heterocycles. The van der Waals surface area contributed by atoms with Crippen LogP contribution < -0.4 is 5.32 Å². The Morgan fingerprint density at radius 3 is 2.62 bits per heavy atom. The van der Waals surface area contributed by atoms with Gasteiger partial charge in [-0.2, -0.15) is 0 Å². The minimum Gasteiger partial charge on any atom is -0.466 e. The quantitative estimate of drug-likeness (QED) is 0.572. The molecule has 1 amide bonds. The van der Waals surface area contributed by atoms with E-state index >= 15 is 0 Å². The molecule has 152 valence electrons. The number of halogens is 3. The van der Waals surface area contributed by atoms with Crippen LogP contribution in [0.1, 0.15) is 22.3 Å². The zero-order valence-electron chi connectivity index (χ0n) is 15.4. The molecule has 0 fully saturated rings. The number of benzene rings is 2. The van der Waals surface area contributed by atoms with Gasteiger partial charge in [-0.1, -0.05) is 47.1 Å². The number of hydrogen-bond donors (Lipinski definition) is 1. The van der Waals surface area contributed by atoms with Crippen molar-refractivity contribution < 1.29 is 27.9 Å². The molecule has 3 rings (SSSR count). The molecule has 0 spiro atoms. The second-order valence-corrected chi connectivity index (χ2v) is 6.91. The standard InChI is InChI=1S/C20H17ClF2N2O4/c1-28-19(27)20(9-12-5-3-2-4-6-12)10-13(25-29-20)11-24-18(26)14-7-16(22)17(23)8-15(14)21/h2-8H,9-11H2,1H3,(H,24,26). The minimum atomic E-state index is -1.34. The molecule has 9 heteroatoms. The third-order valence-corrected chi connectivity index (χ3v) is 4.75. The Labute approximate surface area is 170 Å². The number of amides is 1. The van der Waals surface area contributed by atoms with Gasteiger partial charge >= 0.3 is 5.97 Å². The summed E-state index contributed by atoms with van der Waals surface area (Å²) in [6.07, 6.45) is 0.330. The van der Waals surface area contributed by atoms with E-state index in [2.05, 4.69) is 10.5 Å². The maximum atomic E-state index is 13.4. The van der Waals surface area contributed by atoms with Gasteiger partial charge in [-0.3, -0.25) is 4.79 Å². The lowest BCUT2D eigenvalue weighted by atomic mass is 9.89. The van der Waals surface area contributed by atoms with Gasteiger partial charge in [-0.25, -0.2) is 13.6 Å². The second-order valence-electron chi connectivity index (χ2n) is 6.50. The van der Waals surface area contributed by atoms with Crippen molar-refractivity contribution in [1.29, 1.82) is 0 Å². The summed E-state index contributed by atoms with van der Waals surface area (Å²) in [5, 5.41) is 6.20. The Bertz CT molecular complexity index is 968. The van der Waals surface area contributed by atoms with Crippen molar-refractivity contribution in [3.63, 3.8) is 0 Å². The van der Waals surface area contributed by atoms with Crippen LogP contribution in [0.3, 0.4) is 0 Å². The van der Waals surface area contributed by atoms with Crippen LogP contribution in [0.2, 0.25) is 5.02 Å². The number of rotatable bonds is 6. The van der Waals surface area contributed by atoms with Gasteiger partial charge in [0.1, 0.15) is 0 Å². The predicted molar refractivity (Wildman–Crippen MR) is 102 cm³/mol. The Kier molecular flexibility index (Phi) is 6.12. The van der Waals surface area contributed by atoms with Crippen molar-refractivity contribution in [1.82, 2.24) is 5.32 Å². The SMILES string of the molecule is COC(=O)C1(Cc2ccccc2)CC(CNC(=O)c2cc(F)c(F)cc2Cl)=NO1. The average Bonchev–Trinajstić information content (AvgIpc) is 3.13. The summed E-state index contributed by atoms with van der Waals surface area (Å²) in [6.45, 7) is -0.0678. The van der Waals surface area contributed by atoms with Crippen molar-refractivity contribution in [3.05, 3.63) is 70.2 Å². The van der Waals surface area contributed by atoms with Crippen LogP contribution in [0.5, 0.6) is 0 Å². The molecule has 1 atom stereocenters. The fourth-order valence-corrected chi connectivity index (χ4v) is 3.24. The zero-order chi connectivity index (χ0) is 21.0. The predicted octanol–water partition coefficient (Wildman–Crippen LogP) is 3.28. The average molecular weight is 423 g/mol. The van der Waals surface area contributed by atoms with Gasteiger partial charge in [0.25, 0.3) is 5.91 Å². The minimum absolute atomic E-state index is 0.0678. The molecule has 0 aromatic heterocycles. The van der Waals surface area contributed by atoms with E-state index in [1.165, 1.54) is 7.11 Å². The summed E-state index contributed by atoms with van der Waals surface area (Å²) in [7, 11) is 1.25. The molecule has 0 bridgehead atoms. The van der Waals surface area contributed by atoms with Crippen LogP contribution in [-0.4, -0.2) is 36.8 Å². The van der Waals surface area contributed by atoms with E-state index in [-0.39, 0.29) is 30.0 Å². The van der Waals surface area contributed by atoms with Crippen LogP contribution in [0.4, 0.5) is 8.78 Å². The molecule has 29 heavy (non-hydrogen) atoms. The molecule has 1 unspecified atom stereocenters. The number of carbonyl (C=O) groups is 2. The lowest BCUT2D eigenvalue weighted by Crippen LogP contribution is -2.43. The monoisotopic (exact) mass is 422 g/mol. The van der Waals surface area contributed by atoms with Crippen LogP contribution in [0.15, 0.2) is 47.6 Å². The first kappa shape index (κ1) is 20.7. The molecule has 0 saturated heterocycles. The van der Waals surface area contributed by atoms with Gasteiger partial charge < -0.3 is 14.9 Å². The number of hydrogen-bond acceptors (Lipinski definition) is 5. The lowest BCUT2D eigenvalue weighted by molar-refractivity contribution is -0.166. The van der Waals surface area contributed by atoms with Gasteiger partial charge in [-0.15, -0.1) is 0 Å². The van der Waals surface area contributed by atoms with Crippen LogP contribution in [0.25, 0.3) is 0 Å². The molecule has 1 N–H and O–H groups in total. The van der Waals surface area contributed by atoms with Crippen molar-refractivity contribution >= 4 is 29.2 Å². The van der Waals surface area contributed by atoms with Crippen LogP contribution >= 0.6 is 11.6 Å². The third-order valence-electron chi connectivity index (χ3n) is 4.44. The van der Waals surface area contributed by atoms with E-state index in [9.17, 15) is 18.4 Å². The smallest absolute Gasteiger partial charge is 0.353 e. The highest BCUT2D eigenvalue weighted by molar-refractivity contribution is 6.33. The second kappa shape index (κ2) is 8.57. The highest BCUT2D eigenvalue weighted by Crippen LogP contribution is 2.30. The van der Waals surface area contributed by atoms with Gasteiger partial charge in [0, 0.05) is 12.8 Å². The first-order chi connectivity index (χ1) is 13.8. The Morgan fingerprint density at radius 1 is 1.24 bits per heavy atom. The van der Waals surface area contributed by atoms with Crippen LogP contribution in [0, 0.1) is 11.6 Å². The molecular formula is C20H17ClF2N2O4. The molecule has 0 aliphatic carbocycles. The number of oxime groups is 1. The van der Waals surface area contributed by atoms with Crippen LogP contribution in [-0.2, 0) is 20.8 Å². The van der Waals surface area contributed by atoms with Gasteiger partial charge in [0.15, 0.2) is 11.6 Å². The van der Waals surface area contributed by atoms with E-state index in [4.69, 9.17) is 21.2 Å². The van der Waals surface area contributed by atoms with Crippen molar-refractivity contribution in [2.75, 3.05) is 13.7 Å². The number of esters is 1. The summed E-state index contributed by atoms with van der Waals surface area (Å²) in [5.74, 6) is -3.64. The summed E-state index contributed by atoms with van der Waals surface area (Å²) < 4.78 is 31.4. The molecule has 6 nitrogen and oxygen atoms in total. The van der Waals surface area contributed by atoms with Crippen molar-refractivity contribution in [2.24, 2.45) is 5.16 Å². The Balaban J connectivity index is 1.68. The summed E-state index contributed by atoms with van der Waals surface area (Å²) >= 11 is 5.80. The number of nitrogens with zero attached hydrogens (tertiary/aromatic N) is 1. The van der Waals surface area contributed by atoms with Crippen molar-refractivity contribution in [3.8, 4) is 0 Å². The third kappa shape index (κ3) is 4.54. The molecule has 1 aliphatic rings. The Morgan fingerprint density at radius 2 is 1.93 bits per heavy atom. The maximum absolute atomic E-state index is 13.4. The van der Waals surface area contributed by atoms with E-state index in [1.807, 2.05) is 30.3 Å². The molecule has 0 radical (unpaired) electrons. The van der Waals surface area contributed by atoms with Gasteiger partial charge in [-0.05, 0) is 17.7 Å². The first-order valence-electron chi connectivity index (χ1n) is 8.63. The number of carbonyl (C=O) groups excluding carboxylic acids is 2.